The summed E-state index contributed by atoms with van der Waals surface area (Å²) in [5, 5.41) is 11.5. The van der Waals surface area contributed by atoms with E-state index in [-0.39, 0.29) is 24.2 Å². The molecule has 1 saturated heterocycles. The lowest BCUT2D eigenvalue weighted by molar-refractivity contribution is -0.00547. The number of aromatic nitrogens is 5. The smallest absolute Gasteiger partial charge is 0.260 e. The molecule has 0 radical (unpaired) electrons. The number of nitrogens with zero attached hydrogens (tertiary/aromatic N) is 7. The summed E-state index contributed by atoms with van der Waals surface area (Å²) in [6.07, 6.45) is 1.91. The lowest BCUT2D eigenvalue weighted by Gasteiger charge is -2.36. The number of carbonyl (C=O) groups excluding carboxylic acids is 1. The van der Waals surface area contributed by atoms with E-state index in [0.29, 0.717) is 36.0 Å². The summed E-state index contributed by atoms with van der Waals surface area (Å²) in [6, 6.07) is 7.79. The van der Waals surface area contributed by atoms with Crippen molar-refractivity contribution in [1.82, 2.24) is 30.0 Å². The van der Waals surface area contributed by atoms with Crippen LogP contribution >= 0.6 is 0 Å². The summed E-state index contributed by atoms with van der Waals surface area (Å²) in [6.45, 7) is 10.8. The number of hydrogen-bond donors (Lipinski definition) is 1. The van der Waals surface area contributed by atoms with E-state index >= 15 is 0 Å². The molecule has 0 bridgehead atoms. The number of hydrogen-bond acceptors (Lipinski definition) is 8. The summed E-state index contributed by atoms with van der Waals surface area (Å²) in [5.74, 6) is 2.03. The summed E-state index contributed by atoms with van der Waals surface area (Å²) in [7, 11) is 1.89. The van der Waals surface area contributed by atoms with Crippen molar-refractivity contribution in [3.05, 3.63) is 47.4 Å². The van der Waals surface area contributed by atoms with Crippen molar-refractivity contribution in [2.45, 2.75) is 59.0 Å². The van der Waals surface area contributed by atoms with Crippen molar-refractivity contribution in [3.8, 4) is 11.5 Å². The Morgan fingerprint density at radius 2 is 1.91 bits per heavy atom. The minimum atomic E-state index is -0.0645. The number of rotatable bonds is 6. The van der Waals surface area contributed by atoms with E-state index in [2.05, 4.69) is 48.1 Å². The zero-order valence-electron chi connectivity index (χ0n) is 20.9. The second kappa shape index (κ2) is 9.35. The fraction of sp³-hybridized carbons (Fsp3) is 0.480. The normalized spacial score (nSPS) is 20.1. The number of anilines is 2. The topological polar surface area (TPSA) is 101 Å². The lowest BCUT2D eigenvalue weighted by Crippen LogP contribution is -2.46. The minimum absolute atomic E-state index is 0.0645. The highest BCUT2D eigenvalue weighted by Gasteiger charge is 2.34. The van der Waals surface area contributed by atoms with Crippen molar-refractivity contribution in [2.24, 2.45) is 0 Å². The van der Waals surface area contributed by atoms with Crippen LogP contribution in [0.1, 0.15) is 55.4 Å². The third-order valence-electron chi connectivity index (χ3n) is 6.45. The van der Waals surface area contributed by atoms with Gasteiger partial charge < -0.3 is 19.5 Å². The van der Waals surface area contributed by atoms with Gasteiger partial charge in [0, 0.05) is 31.2 Å². The van der Waals surface area contributed by atoms with Crippen LogP contribution in [-0.4, -0.2) is 63.0 Å². The van der Waals surface area contributed by atoms with Gasteiger partial charge >= 0.3 is 0 Å². The second-order valence-electron chi connectivity index (χ2n) is 9.57. The van der Waals surface area contributed by atoms with E-state index in [1.807, 2.05) is 35.9 Å². The summed E-state index contributed by atoms with van der Waals surface area (Å²) < 4.78 is 7.86. The average Bonchev–Trinajstić information content (AvgIpc) is 3.44. The van der Waals surface area contributed by atoms with Crippen LogP contribution in [0.2, 0.25) is 0 Å². The minimum Gasteiger partial charge on any atom is -0.372 e. The number of ether oxygens (including phenoxy) is 1. The predicted octanol–water partition coefficient (Wildman–Crippen LogP) is 2.81. The van der Waals surface area contributed by atoms with Crippen LogP contribution < -0.4 is 15.1 Å². The molecule has 2 aliphatic rings. The molecule has 0 aromatic carbocycles. The molecule has 10 nitrogen and oxygen atoms in total. The van der Waals surface area contributed by atoms with Gasteiger partial charge in [0.25, 0.3) is 5.91 Å². The van der Waals surface area contributed by atoms with Crippen LogP contribution in [0.3, 0.4) is 0 Å². The van der Waals surface area contributed by atoms with E-state index in [1.54, 1.807) is 11.2 Å². The molecular weight excluding hydrogens is 444 g/mol. The first-order chi connectivity index (χ1) is 16.9. The Hall–Kier alpha value is -3.37. The fourth-order valence-electron chi connectivity index (χ4n) is 4.88. The van der Waals surface area contributed by atoms with Crippen molar-refractivity contribution in [3.63, 3.8) is 0 Å². The molecule has 0 unspecified atom stereocenters. The maximum absolute atomic E-state index is 13.7. The maximum Gasteiger partial charge on any atom is 0.260 e. The van der Waals surface area contributed by atoms with Crippen molar-refractivity contribution >= 4 is 17.5 Å². The van der Waals surface area contributed by atoms with E-state index < -0.39 is 0 Å². The molecule has 10 heteroatoms. The molecule has 3 aromatic rings. The Morgan fingerprint density at radius 1 is 1.14 bits per heavy atom. The summed E-state index contributed by atoms with van der Waals surface area (Å²) >= 11 is 0. The Kier molecular flexibility index (Phi) is 6.24. The summed E-state index contributed by atoms with van der Waals surface area (Å²) in [4.78, 5) is 27.4. The molecule has 5 rings (SSSR count). The Bertz CT molecular complexity index is 1230. The van der Waals surface area contributed by atoms with Crippen LogP contribution in [0.4, 0.5) is 11.6 Å². The van der Waals surface area contributed by atoms with Gasteiger partial charge in [-0.25, -0.2) is 9.97 Å². The Labute approximate surface area is 205 Å². The van der Waals surface area contributed by atoms with Gasteiger partial charge in [0.2, 0.25) is 0 Å². The van der Waals surface area contributed by atoms with Gasteiger partial charge in [-0.3, -0.25) is 9.69 Å². The number of nitrogens with one attached hydrogen (secondary N) is 1. The van der Waals surface area contributed by atoms with E-state index in [4.69, 9.17) is 14.7 Å². The highest BCUT2D eigenvalue weighted by molar-refractivity contribution is 6.10. The molecule has 1 fully saturated rings. The number of pyridine rings is 2. The number of morpholine rings is 1. The third-order valence-corrected chi connectivity index (χ3v) is 6.45. The highest BCUT2D eigenvalue weighted by atomic mass is 16.5. The van der Waals surface area contributed by atoms with Crippen LogP contribution in [0, 0.1) is 0 Å². The molecule has 2 aliphatic heterocycles. The van der Waals surface area contributed by atoms with Crippen molar-refractivity contribution in [1.29, 1.82) is 0 Å². The Balaban J connectivity index is 1.49. The van der Waals surface area contributed by atoms with Crippen LogP contribution in [0.15, 0.2) is 30.6 Å². The molecule has 0 spiro atoms. The van der Waals surface area contributed by atoms with Crippen LogP contribution in [0.5, 0.6) is 0 Å². The van der Waals surface area contributed by atoms with Crippen LogP contribution in [-0.2, 0) is 17.8 Å². The second-order valence-corrected chi connectivity index (χ2v) is 9.57. The first kappa shape index (κ1) is 23.4. The molecule has 1 N–H and O–H groups in total. The highest BCUT2D eigenvalue weighted by Crippen LogP contribution is 2.33. The Morgan fingerprint density at radius 3 is 2.63 bits per heavy atom. The molecule has 2 atom stereocenters. The van der Waals surface area contributed by atoms with Gasteiger partial charge in [0.1, 0.15) is 23.7 Å². The zero-order chi connectivity index (χ0) is 24.7. The first-order valence-electron chi connectivity index (χ1n) is 12.1. The fourth-order valence-corrected chi connectivity index (χ4v) is 4.88. The molecule has 35 heavy (non-hydrogen) atoms. The molecule has 0 aliphatic carbocycles. The molecular formula is C25H32N8O2. The van der Waals surface area contributed by atoms with Crippen LogP contribution in [0.25, 0.3) is 11.5 Å². The molecule has 184 valence electrons. The number of amides is 1. The molecule has 3 aromatic heterocycles. The largest absolute Gasteiger partial charge is 0.372 e. The number of carbonyl (C=O) groups is 1. The quantitative estimate of drug-likeness (QED) is 0.580. The zero-order valence-corrected chi connectivity index (χ0v) is 20.9. The van der Waals surface area contributed by atoms with Gasteiger partial charge in [-0.2, -0.15) is 0 Å². The van der Waals surface area contributed by atoms with Gasteiger partial charge in [0.15, 0.2) is 5.82 Å². The molecule has 1 amide bonds. The standard InChI is InChI=1S/C25H32N8O2/c1-15(2)33-14-27-30-24(33)20-7-6-8-22(28-20)32-13-19-18(25(32)34)9-23(29-21(19)10-26-5)31-11-16(3)35-17(4)12-31/h6-9,14-17,26H,10-13H2,1-5H3/t16-,17+. The number of fused-ring (bicyclic) bond motifs is 1. The third kappa shape index (κ3) is 4.39. The predicted molar refractivity (Wildman–Crippen MR) is 133 cm³/mol. The molecule has 5 heterocycles. The average molecular weight is 477 g/mol. The molecule has 0 saturated carbocycles. The van der Waals surface area contributed by atoms with Crippen molar-refractivity contribution < 1.29 is 9.53 Å². The van der Waals surface area contributed by atoms with E-state index in [1.165, 1.54) is 0 Å². The van der Waals surface area contributed by atoms with Gasteiger partial charge in [0.05, 0.1) is 30.0 Å². The monoisotopic (exact) mass is 476 g/mol. The van der Waals surface area contributed by atoms with E-state index in [9.17, 15) is 4.79 Å². The van der Waals surface area contributed by atoms with Crippen molar-refractivity contribution in [2.75, 3.05) is 29.9 Å². The van der Waals surface area contributed by atoms with Gasteiger partial charge in [-0.15, -0.1) is 10.2 Å². The van der Waals surface area contributed by atoms with Gasteiger partial charge in [-0.05, 0) is 52.9 Å². The van der Waals surface area contributed by atoms with Gasteiger partial charge in [-0.1, -0.05) is 6.07 Å². The lowest BCUT2D eigenvalue weighted by atomic mass is 10.1. The SMILES string of the molecule is CNCc1nc(N2C[C@@H](C)O[C@@H](C)C2)cc2c1CN(c1cccc(-c3nncn3C(C)C)n1)C2=O. The van der Waals surface area contributed by atoms with E-state index in [0.717, 1.165) is 30.2 Å². The first-order valence-corrected chi connectivity index (χ1v) is 12.1. The maximum atomic E-state index is 13.7. The summed E-state index contributed by atoms with van der Waals surface area (Å²) in [5.41, 5.74) is 3.20.